The molecule has 0 radical (unpaired) electrons. The third kappa shape index (κ3) is 3.31. The maximum atomic E-state index is 10.7. The lowest BCUT2D eigenvalue weighted by atomic mass is 10.1. The first kappa shape index (κ1) is 13.1. The number of benzene rings is 1. The largest absolute Gasteiger partial charge is 0.481 e. The standard InChI is InChI=1S/C14H19NO3/c1-11(12-5-3-2-4-6-12)15-7-8-18-13(10-15)9-14(16)17/h2-6,11,13H,7-10H2,1H3,(H,16,17). The van der Waals surface area contributed by atoms with Crippen molar-refractivity contribution < 1.29 is 14.6 Å². The first-order valence-electron chi connectivity index (χ1n) is 6.29. The summed E-state index contributed by atoms with van der Waals surface area (Å²) in [6.45, 7) is 4.29. The number of rotatable bonds is 4. The minimum absolute atomic E-state index is 0.0814. The molecular formula is C14H19NO3. The molecule has 1 aliphatic rings. The quantitative estimate of drug-likeness (QED) is 0.885. The Hall–Kier alpha value is -1.39. The highest BCUT2D eigenvalue weighted by molar-refractivity contribution is 5.67. The van der Waals surface area contributed by atoms with Crippen LogP contribution in [0.5, 0.6) is 0 Å². The third-order valence-corrected chi connectivity index (χ3v) is 3.40. The molecule has 1 aromatic carbocycles. The normalized spacial score (nSPS) is 22.6. The number of nitrogens with zero attached hydrogens (tertiary/aromatic N) is 1. The van der Waals surface area contributed by atoms with E-state index in [2.05, 4.69) is 24.0 Å². The van der Waals surface area contributed by atoms with Gasteiger partial charge >= 0.3 is 5.97 Å². The Morgan fingerprint density at radius 2 is 2.22 bits per heavy atom. The molecule has 1 fully saturated rings. The van der Waals surface area contributed by atoms with Gasteiger partial charge in [-0.2, -0.15) is 0 Å². The van der Waals surface area contributed by atoms with Crippen LogP contribution in [0.2, 0.25) is 0 Å². The highest BCUT2D eigenvalue weighted by atomic mass is 16.5. The molecule has 0 aliphatic carbocycles. The lowest BCUT2D eigenvalue weighted by Crippen LogP contribution is -2.44. The zero-order valence-corrected chi connectivity index (χ0v) is 10.6. The second-order valence-corrected chi connectivity index (χ2v) is 4.67. The molecule has 1 aliphatic heterocycles. The van der Waals surface area contributed by atoms with Crippen LogP contribution in [0.4, 0.5) is 0 Å². The molecule has 0 aromatic heterocycles. The van der Waals surface area contributed by atoms with Gasteiger partial charge in [0.05, 0.1) is 19.1 Å². The minimum atomic E-state index is -0.797. The van der Waals surface area contributed by atoms with E-state index in [0.29, 0.717) is 19.2 Å². The number of carboxylic acid groups (broad SMARTS) is 1. The van der Waals surface area contributed by atoms with E-state index in [0.717, 1.165) is 6.54 Å². The molecule has 4 nitrogen and oxygen atoms in total. The van der Waals surface area contributed by atoms with E-state index in [1.165, 1.54) is 5.56 Å². The predicted octanol–water partition coefficient (Wildman–Crippen LogP) is 1.92. The van der Waals surface area contributed by atoms with Gasteiger partial charge in [-0.3, -0.25) is 9.69 Å². The summed E-state index contributed by atoms with van der Waals surface area (Å²) < 4.78 is 5.48. The average molecular weight is 249 g/mol. The summed E-state index contributed by atoms with van der Waals surface area (Å²) in [6, 6.07) is 10.6. The maximum Gasteiger partial charge on any atom is 0.306 e. The molecule has 18 heavy (non-hydrogen) atoms. The molecule has 2 rings (SSSR count). The molecule has 98 valence electrons. The van der Waals surface area contributed by atoms with E-state index >= 15 is 0 Å². The van der Waals surface area contributed by atoms with Gasteiger partial charge in [0.25, 0.3) is 0 Å². The van der Waals surface area contributed by atoms with Gasteiger partial charge in [0.1, 0.15) is 0 Å². The van der Waals surface area contributed by atoms with E-state index in [4.69, 9.17) is 9.84 Å². The van der Waals surface area contributed by atoms with Crippen LogP contribution in [0.15, 0.2) is 30.3 Å². The van der Waals surface area contributed by atoms with Crippen LogP contribution in [0.3, 0.4) is 0 Å². The second-order valence-electron chi connectivity index (χ2n) is 4.67. The fourth-order valence-electron chi connectivity index (χ4n) is 2.35. The van der Waals surface area contributed by atoms with Crippen molar-refractivity contribution in [3.05, 3.63) is 35.9 Å². The SMILES string of the molecule is CC(c1ccccc1)N1CCOC(CC(=O)O)C1. The number of hydrogen-bond acceptors (Lipinski definition) is 3. The van der Waals surface area contributed by atoms with Crippen LogP contribution in [0.1, 0.15) is 24.9 Å². The Morgan fingerprint density at radius 3 is 2.89 bits per heavy atom. The van der Waals surface area contributed by atoms with Gasteiger partial charge in [-0.15, -0.1) is 0 Å². The number of hydrogen-bond donors (Lipinski definition) is 1. The Bertz CT molecular complexity index is 393. The van der Waals surface area contributed by atoms with E-state index in [-0.39, 0.29) is 12.5 Å². The zero-order valence-electron chi connectivity index (χ0n) is 10.6. The van der Waals surface area contributed by atoms with Crippen LogP contribution >= 0.6 is 0 Å². The van der Waals surface area contributed by atoms with Crippen molar-refractivity contribution in [2.45, 2.75) is 25.5 Å². The van der Waals surface area contributed by atoms with E-state index in [9.17, 15) is 4.79 Å². The van der Waals surface area contributed by atoms with Gasteiger partial charge in [-0.1, -0.05) is 30.3 Å². The molecule has 2 atom stereocenters. The molecule has 0 saturated carbocycles. The third-order valence-electron chi connectivity index (χ3n) is 3.40. The molecule has 1 aromatic rings. The topological polar surface area (TPSA) is 49.8 Å². The zero-order chi connectivity index (χ0) is 13.0. The molecule has 0 amide bonds. The van der Waals surface area contributed by atoms with Crippen molar-refractivity contribution in [2.75, 3.05) is 19.7 Å². The molecule has 1 heterocycles. The van der Waals surface area contributed by atoms with Gasteiger partial charge in [0, 0.05) is 19.1 Å². The predicted molar refractivity (Wildman–Crippen MR) is 68.4 cm³/mol. The Balaban J connectivity index is 1.98. The number of carbonyl (C=O) groups is 1. The lowest BCUT2D eigenvalue weighted by molar-refractivity contribution is -0.142. The maximum absolute atomic E-state index is 10.7. The van der Waals surface area contributed by atoms with E-state index in [1.807, 2.05) is 18.2 Å². The van der Waals surface area contributed by atoms with Crippen LogP contribution in [0, 0.1) is 0 Å². The summed E-state index contributed by atoms with van der Waals surface area (Å²) in [6.07, 6.45) is -0.111. The summed E-state index contributed by atoms with van der Waals surface area (Å²) in [5.74, 6) is -0.797. The molecule has 1 saturated heterocycles. The van der Waals surface area contributed by atoms with E-state index in [1.54, 1.807) is 0 Å². The monoisotopic (exact) mass is 249 g/mol. The smallest absolute Gasteiger partial charge is 0.306 e. The Labute approximate surface area is 107 Å². The molecular weight excluding hydrogens is 230 g/mol. The number of aliphatic carboxylic acids is 1. The molecule has 0 spiro atoms. The summed E-state index contributed by atoms with van der Waals surface area (Å²) >= 11 is 0. The fourth-order valence-corrected chi connectivity index (χ4v) is 2.35. The van der Waals surface area contributed by atoms with Gasteiger partial charge in [0.2, 0.25) is 0 Å². The fraction of sp³-hybridized carbons (Fsp3) is 0.500. The highest BCUT2D eigenvalue weighted by Crippen LogP contribution is 2.22. The lowest BCUT2D eigenvalue weighted by Gasteiger charge is -2.36. The van der Waals surface area contributed by atoms with Gasteiger partial charge < -0.3 is 9.84 Å². The van der Waals surface area contributed by atoms with Crippen molar-refractivity contribution in [3.8, 4) is 0 Å². The molecule has 0 bridgehead atoms. The van der Waals surface area contributed by atoms with Crippen molar-refractivity contribution in [2.24, 2.45) is 0 Å². The Kier molecular flexibility index (Phi) is 4.33. The van der Waals surface area contributed by atoms with Crippen molar-refractivity contribution in [1.29, 1.82) is 0 Å². The van der Waals surface area contributed by atoms with Gasteiger partial charge in [-0.05, 0) is 12.5 Å². The molecule has 4 heteroatoms. The summed E-state index contributed by atoms with van der Waals surface area (Å²) in [7, 11) is 0. The second kappa shape index (κ2) is 5.98. The highest BCUT2D eigenvalue weighted by Gasteiger charge is 2.26. The first-order chi connectivity index (χ1) is 8.66. The minimum Gasteiger partial charge on any atom is -0.481 e. The molecule has 2 unspecified atom stereocenters. The van der Waals surface area contributed by atoms with Crippen LogP contribution < -0.4 is 0 Å². The first-order valence-corrected chi connectivity index (χ1v) is 6.29. The van der Waals surface area contributed by atoms with Crippen molar-refractivity contribution in [1.82, 2.24) is 4.90 Å². The number of carboxylic acids is 1. The van der Waals surface area contributed by atoms with Gasteiger partial charge in [0.15, 0.2) is 0 Å². The average Bonchev–Trinajstić information content (AvgIpc) is 2.38. The molecule has 1 N–H and O–H groups in total. The van der Waals surface area contributed by atoms with Crippen LogP contribution in [-0.4, -0.2) is 41.8 Å². The number of morpholine rings is 1. The van der Waals surface area contributed by atoms with Gasteiger partial charge in [-0.25, -0.2) is 0 Å². The van der Waals surface area contributed by atoms with Crippen LogP contribution in [-0.2, 0) is 9.53 Å². The summed E-state index contributed by atoms with van der Waals surface area (Å²) in [5, 5.41) is 8.81. The van der Waals surface area contributed by atoms with Crippen molar-refractivity contribution in [3.63, 3.8) is 0 Å². The van der Waals surface area contributed by atoms with E-state index < -0.39 is 5.97 Å². The summed E-state index contributed by atoms with van der Waals surface area (Å²) in [4.78, 5) is 13.0. The number of ether oxygens (including phenoxy) is 1. The summed E-state index contributed by atoms with van der Waals surface area (Å²) in [5.41, 5.74) is 1.26. The van der Waals surface area contributed by atoms with Crippen molar-refractivity contribution >= 4 is 5.97 Å². The Morgan fingerprint density at radius 1 is 1.50 bits per heavy atom. The van der Waals surface area contributed by atoms with Crippen LogP contribution in [0.25, 0.3) is 0 Å².